The quantitative estimate of drug-likeness (QED) is 0.0869. The van der Waals surface area contributed by atoms with Crippen LogP contribution in [0.15, 0.2) is 231 Å². The van der Waals surface area contributed by atoms with E-state index in [2.05, 4.69) is 230 Å². The third-order valence-electron chi connectivity index (χ3n) is 9.42. The van der Waals surface area contributed by atoms with Gasteiger partial charge in [-0.1, -0.05) is 170 Å². The zero-order valence-corrected chi connectivity index (χ0v) is 31.1. The largest absolute Gasteiger partial charge is 0.311 e. The molecule has 55 heavy (non-hydrogen) atoms. The third-order valence-corrected chi connectivity index (χ3v) is 9.42. The molecule has 0 unspecified atom stereocenters. The van der Waals surface area contributed by atoms with Gasteiger partial charge in [-0.25, -0.2) is 0 Å². The van der Waals surface area contributed by atoms with E-state index in [-0.39, 0.29) is 0 Å². The monoisotopic (exact) mass is 708 g/mol. The van der Waals surface area contributed by atoms with Crippen molar-refractivity contribution in [1.82, 2.24) is 0 Å². The molecule has 0 aliphatic heterocycles. The van der Waals surface area contributed by atoms with E-state index in [4.69, 9.17) is 0 Å². The van der Waals surface area contributed by atoms with Crippen LogP contribution >= 0.6 is 0 Å². The molecule has 7 aromatic rings. The van der Waals surface area contributed by atoms with E-state index in [1.54, 1.807) is 0 Å². The number of nitrogens with zero attached hydrogens (tertiary/aromatic N) is 2. The van der Waals surface area contributed by atoms with Gasteiger partial charge in [-0.15, -0.1) is 0 Å². The average molecular weight is 709 g/mol. The first kappa shape index (κ1) is 36.2. The van der Waals surface area contributed by atoms with Crippen LogP contribution < -0.4 is 9.80 Å². The molecule has 0 spiro atoms. The molecule has 0 atom stereocenters. The zero-order valence-electron chi connectivity index (χ0n) is 31.1. The molecule has 0 saturated carbocycles. The van der Waals surface area contributed by atoms with Crippen LogP contribution in [0.4, 0.5) is 34.1 Å². The Hall–Kier alpha value is -7.16. The first-order chi connectivity index (χ1) is 27.1. The van der Waals surface area contributed by atoms with Gasteiger partial charge in [0.05, 0.1) is 0 Å². The summed E-state index contributed by atoms with van der Waals surface area (Å²) in [6.45, 7) is 6.21. The molecule has 0 fully saturated rings. The topological polar surface area (TPSA) is 6.48 Å². The molecule has 0 radical (unpaired) electrons. The van der Waals surface area contributed by atoms with Crippen LogP contribution in [0, 0.1) is 0 Å². The summed E-state index contributed by atoms with van der Waals surface area (Å²) in [6, 6.07) is 67.9. The Bertz CT molecular complexity index is 2310. The zero-order chi connectivity index (χ0) is 37.7. The number of hydrogen-bond acceptors (Lipinski definition) is 2. The first-order valence-electron chi connectivity index (χ1n) is 18.6. The molecule has 2 heteroatoms. The number of para-hydroxylation sites is 4. The minimum Gasteiger partial charge on any atom is -0.311 e. The lowest BCUT2D eigenvalue weighted by Crippen LogP contribution is -2.09. The van der Waals surface area contributed by atoms with Crippen LogP contribution in [-0.2, 0) is 0 Å². The number of hydrogen-bond donors (Lipinski definition) is 0. The Morgan fingerprint density at radius 2 is 0.709 bits per heavy atom. The number of benzene rings is 7. The van der Waals surface area contributed by atoms with E-state index < -0.39 is 0 Å². The van der Waals surface area contributed by atoms with E-state index in [0.717, 1.165) is 56.4 Å². The molecule has 0 aromatic heterocycles. The number of rotatable bonds is 13. The second-order valence-corrected chi connectivity index (χ2v) is 13.2. The van der Waals surface area contributed by atoms with Gasteiger partial charge in [0.25, 0.3) is 0 Å². The molecule has 0 N–H and O–H groups in total. The standard InChI is InChI=1S/C53H44N2/c1-3-43(26-27-45-32-38-52(39-33-45)54(48-16-8-4-9-17-48)49-18-10-5-11-19-49)25-24-42(2)47-36-30-44(31-37-47)28-29-46-34-40-53(41-35-46)55(50-20-12-6-13-21-50)51-22-14-7-15-23-51/h3-41H,1H2,2H3/b27-26+,29-28+,42-24+,43-25+. The lowest BCUT2D eigenvalue weighted by atomic mass is 10.0. The molecule has 0 heterocycles. The summed E-state index contributed by atoms with van der Waals surface area (Å²) in [5, 5.41) is 0. The van der Waals surface area contributed by atoms with Crippen molar-refractivity contribution in [2.45, 2.75) is 6.92 Å². The highest BCUT2D eigenvalue weighted by atomic mass is 15.1. The maximum atomic E-state index is 4.06. The smallest absolute Gasteiger partial charge is 0.0462 e. The van der Waals surface area contributed by atoms with Gasteiger partial charge in [0.1, 0.15) is 0 Å². The van der Waals surface area contributed by atoms with Crippen molar-refractivity contribution in [3.63, 3.8) is 0 Å². The van der Waals surface area contributed by atoms with Crippen LogP contribution in [-0.4, -0.2) is 0 Å². The fourth-order valence-corrected chi connectivity index (χ4v) is 6.42. The van der Waals surface area contributed by atoms with Gasteiger partial charge >= 0.3 is 0 Å². The second-order valence-electron chi connectivity index (χ2n) is 13.2. The predicted octanol–water partition coefficient (Wildman–Crippen LogP) is 15.0. The van der Waals surface area contributed by atoms with E-state index in [1.807, 2.05) is 30.3 Å². The summed E-state index contributed by atoms with van der Waals surface area (Å²) >= 11 is 0. The highest BCUT2D eigenvalue weighted by Gasteiger charge is 2.12. The second kappa shape index (κ2) is 18.1. The van der Waals surface area contributed by atoms with Crippen LogP contribution in [0.25, 0.3) is 23.8 Å². The van der Waals surface area contributed by atoms with Gasteiger partial charge in [0, 0.05) is 34.1 Å². The molecule has 0 saturated heterocycles. The van der Waals surface area contributed by atoms with Crippen molar-refractivity contribution >= 4 is 57.9 Å². The van der Waals surface area contributed by atoms with Crippen LogP contribution in [0.5, 0.6) is 0 Å². The highest BCUT2D eigenvalue weighted by molar-refractivity contribution is 5.79. The summed E-state index contributed by atoms with van der Waals surface area (Å²) < 4.78 is 0. The minimum atomic E-state index is 1.04. The van der Waals surface area contributed by atoms with E-state index >= 15 is 0 Å². The fourth-order valence-electron chi connectivity index (χ4n) is 6.42. The Morgan fingerprint density at radius 3 is 1.07 bits per heavy atom. The van der Waals surface area contributed by atoms with Crippen molar-refractivity contribution in [3.8, 4) is 0 Å². The van der Waals surface area contributed by atoms with Crippen molar-refractivity contribution in [2.24, 2.45) is 0 Å². The van der Waals surface area contributed by atoms with Crippen LogP contribution in [0.1, 0.15) is 29.2 Å². The molecular formula is C53H44N2. The molecule has 0 aliphatic rings. The summed E-state index contributed by atoms with van der Waals surface area (Å²) in [4.78, 5) is 4.54. The lowest BCUT2D eigenvalue weighted by Gasteiger charge is -2.25. The van der Waals surface area contributed by atoms with Gasteiger partial charge in [-0.2, -0.15) is 0 Å². The molecule has 0 amide bonds. The van der Waals surface area contributed by atoms with Crippen molar-refractivity contribution in [2.75, 3.05) is 9.80 Å². The molecule has 7 rings (SSSR count). The van der Waals surface area contributed by atoms with Gasteiger partial charge in [-0.3, -0.25) is 0 Å². The van der Waals surface area contributed by atoms with Crippen LogP contribution in [0.2, 0.25) is 0 Å². The van der Waals surface area contributed by atoms with E-state index in [0.29, 0.717) is 0 Å². The Labute approximate surface area is 326 Å². The van der Waals surface area contributed by atoms with Gasteiger partial charge in [0.2, 0.25) is 0 Å². The summed E-state index contributed by atoms with van der Waals surface area (Å²) in [7, 11) is 0. The van der Waals surface area contributed by atoms with Crippen LogP contribution in [0.3, 0.4) is 0 Å². The molecule has 0 bridgehead atoms. The van der Waals surface area contributed by atoms with Crippen molar-refractivity contribution in [1.29, 1.82) is 0 Å². The molecule has 7 aromatic carbocycles. The van der Waals surface area contributed by atoms with Crippen molar-refractivity contribution in [3.05, 3.63) is 253 Å². The van der Waals surface area contributed by atoms with E-state index in [9.17, 15) is 0 Å². The highest BCUT2D eigenvalue weighted by Crippen LogP contribution is 2.35. The SMILES string of the molecule is C=CC(/C=C/c1ccc(N(c2ccccc2)c2ccccc2)cc1)=C\C=C(/C)c1ccc(/C=C/c2ccc(N(c3ccccc3)c3ccccc3)cc2)cc1. The molecule has 2 nitrogen and oxygen atoms in total. The summed E-state index contributed by atoms with van der Waals surface area (Å²) in [5.41, 5.74) is 13.6. The Morgan fingerprint density at radius 1 is 0.382 bits per heavy atom. The maximum absolute atomic E-state index is 4.06. The Kier molecular flexibility index (Phi) is 11.9. The van der Waals surface area contributed by atoms with Gasteiger partial charge in [-0.05, 0) is 113 Å². The van der Waals surface area contributed by atoms with Gasteiger partial charge < -0.3 is 9.80 Å². The van der Waals surface area contributed by atoms with E-state index in [1.165, 1.54) is 11.1 Å². The molecule has 0 aliphatic carbocycles. The predicted molar refractivity (Wildman–Crippen MR) is 239 cm³/mol. The summed E-state index contributed by atoms with van der Waals surface area (Å²) in [6.07, 6.45) is 14.7. The number of allylic oxidation sites excluding steroid dienone is 6. The number of anilines is 6. The maximum Gasteiger partial charge on any atom is 0.0462 e. The average Bonchev–Trinajstić information content (AvgIpc) is 3.26. The molecular weight excluding hydrogens is 665 g/mol. The third kappa shape index (κ3) is 9.45. The normalized spacial score (nSPS) is 11.9. The first-order valence-corrected chi connectivity index (χ1v) is 18.6. The van der Waals surface area contributed by atoms with Gasteiger partial charge in [0.15, 0.2) is 0 Å². The fraction of sp³-hybridized carbons (Fsp3) is 0.0189. The van der Waals surface area contributed by atoms with Crippen molar-refractivity contribution < 1.29 is 0 Å². The lowest BCUT2D eigenvalue weighted by molar-refractivity contribution is 1.28. The minimum absolute atomic E-state index is 1.04. The summed E-state index contributed by atoms with van der Waals surface area (Å²) in [5.74, 6) is 0. The Balaban J connectivity index is 0.990. The molecule has 266 valence electrons.